The van der Waals surface area contributed by atoms with Crippen LogP contribution in [0.2, 0.25) is 0 Å². The molecule has 1 aliphatic rings. The third-order valence-electron chi connectivity index (χ3n) is 6.19. The van der Waals surface area contributed by atoms with Crippen LogP contribution in [-0.2, 0) is 0 Å². The first kappa shape index (κ1) is 21.2. The number of nitrogens with zero attached hydrogens (tertiary/aromatic N) is 6. The Morgan fingerprint density at radius 1 is 1.27 bits per heavy atom. The van der Waals surface area contributed by atoms with Crippen LogP contribution in [0.25, 0.3) is 11.2 Å². The van der Waals surface area contributed by atoms with Crippen LogP contribution < -0.4 is 15.0 Å². The highest BCUT2D eigenvalue weighted by molar-refractivity contribution is 5.71. The summed E-state index contributed by atoms with van der Waals surface area (Å²) in [4.78, 5) is 11.1. The Hall–Kier alpha value is -3.63. The number of hydrogen-bond acceptors (Lipinski definition) is 8. The Balaban J connectivity index is 1.46. The predicted octanol–water partition coefficient (Wildman–Crippen LogP) is 2.22. The zero-order valence-electron chi connectivity index (χ0n) is 18.8. The zero-order valence-corrected chi connectivity index (χ0v) is 18.8. The molecule has 1 fully saturated rings. The maximum Gasteiger partial charge on any atom is 0.248 e. The Labute approximate surface area is 191 Å². The normalized spacial score (nSPS) is 18.3. The molecule has 0 bridgehead atoms. The van der Waals surface area contributed by atoms with Crippen molar-refractivity contribution in [3.63, 3.8) is 0 Å². The number of nitrogens with one attached hydrogen (secondary N) is 1. The van der Waals surface area contributed by atoms with Crippen molar-refractivity contribution >= 4 is 23.1 Å². The van der Waals surface area contributed by atoms with Crippen molar-refractivity contribution in [2.45, 2.75) is 32.4 Å². The molecular weight excluding hydrogens is 422 g/mol. The largest absolute Gasteiger partial charge is 0.496 e. The molecule has 3 aromatic heterocycles. The highest BCUT2D eigenvalue weighted by Gasteiger charge is 2.33. The van der Waals surface area contributed by atoms with Gasteiger partial charge in [0, 0.05) is 18.8 Å². The Morgan fingerprint density at radius 3 is 2.91 bits per heavy atom. The number of hydrogen-bond donors (Lipinski definition) is 3. The van der Waals surface area contributed by atoms with Crippen molar-refractivity contribution in [2.24, 2.45) is 0 Å². The number of benzene rings is 1. The lowest BCUT2D eigenvalue weighted by molar-refractivity contribution is 0.184. The van der Waals surface area contributed by atoms with E-state index in [1.807, 2.05) is 53.9 Å². The SMILES string of the molecule is COc1cc(-n2cnc(Nc3nc(N4C[C@H](O)C[C@H]4CO)c4cccn4n3)c2)cc(C)c1C. The van der Waals surface area contributed by atoms with E-state index in [0.29, 0.717) is 30.5 Å². The van der Waals surface area contributed by atoms with E-state index in [9.17, 15) is 10.2 Å². The van der Waals surface area contributed by atoms with Crippen LogP contribution in [0.3, 0.4) is 0 Å². The van der Waals surface area contributed by atoms with Gasteiger partial charge in [0.05, 0.1) is 37.7 Å². The minimum atomic E-state index is -0.505. The minimum Gasteiger partial charge on any atom is -0.496 e. The van der Waals surface area contributed by atoms with E-state index in [0.717, 1.165) is 28.1 Å². The number of fused-ring (bicyclic) bond motifs is 1. The van der Waals surface area contributed by atoms with Gasteiger partial charge in [-0.15, -0.1) is 5.10 Å². The van der Waals surface area contributed by atoms with Crippen LogP contribution in [-0.4, -0.2) is 66.8 Å². The van der Waals surface area contributed by atoms with E-state index in [-0.39, 0.29) is 12.6 Å². The Morgan fingerprint density at radius 2 is 2.12 bits per heavy atom. The summed E-state index contributed by atoms with van der Waals surface area (Å²) in [5.74, 6) is 2.44. The fourth-order valence-corrected chi connectivity index (χ4v) is 4.32. The maximum atomic E-state index is 10.1. The van der Waals surface area contributed by atoms with Gasteiger partial charge in [-0.05, 0) is 49.6 Å². The summed E-state index contributed by atoms with van der Waals surface area (Å²) in [5, 5.41) is 27.6. The Bertz CT molecular complexity index is 1300. The predicted molar refractivity (Wildman–Crippen MR) is 125 cm³/mol. The van der Waals surface area contributed by atoms with Crippen molar-refractivity contribution in [3.05, 3.63) is 54.1 Å². The van der Waals surface area contributed by atoms with Gasteiger partial charge in [0.25, 0.3) is 0 Å². The van der Waals surface area contributed by atoms with E-state index in [1.165, 1.54) is 0 Å². The molecule has 1 aromatic carbocycles. The van der Waals surface area contributed by atoms with E-state index in [2.05, 4.69) is 21.5 Å². The van der Waals surface area contributed by atoms with Crippen molar-refractivity contribution in [1.82, 2.24) is 24.1 Å². The van der Waals surface area contributed by atoms with Crippen molar-refractivity contribution in [2.75, 3.05) is 30.5 Å². The number of anilines is 3. The number of rotatable bonds is 6. The molecule has 5 rings (SSSR count). The lowest BCUT2D eigenvalue weighted by Gasteiger charge is -2.24. The number of imidazole rings is 1. The molecule has 0 amide bonds. The van der Waals surface area contributed by atoms with E-state index in [4.69, 9.17) is 9.72 Å². The number of ether oxygens (including phenoxy) is 1. The third-order valence-corrected chi connectivity index (χ3v) is 6.19. The molecule has 1 saturated heterocycles. The van der Waals surface area contributed by atoms with Crippen molar-refractivity contribution in [1.29, 1.82) is 0 Å². The summed E-state index contributed by atoms with van der Waals surface area (Å²) in [5.41, 5.74) is 3.98. The smallest absolute Gasteiger partial charge is 0.248 e. The fourth-order valence-electron chi connectivity index (χ4n) is 4.32. The fraction of sp³-hybridized carbons (Fsp3) is 0.348. The molecule has 33 heavy (non-hydrogen) atoms. The zero-order chi connectivity index (χ0) is 23.1. The number of aromatic nitrogens is 5. The van der Waals surface area contributed by atoms with Gasteiger partial charge in [0.15, 0.2) is 11.6 Å². The average molecular weight is 450 g/mol. The van der Waals surface area contributed by atoms with Crippen LogP contribution in [0.15, 0.2) is 43.0 Å². The number of aliphatic hydroxyl groups excluding tert-OH is 2. The first-order valence-electron chi connectivity index (χ1n) is 10.8. The summed E-state index contributed by atoms with van der Waals surface area (Å²) >= 11 is 0. The molecule has 3 N–H and O–H groups in total. The van der Waals surface area contributed by atoms with E-state index in [1.54, 1.807) is 18.0 Å². The van der Waals surface area contributed by atoms with E-state index >= 15 is 0 Å². The molecule has 0 aliphatic carbocycles. The summed E-state index contributed by atoms with van der Waals surface area (Å²) in [7, 11) is 1.67. The van der Waals surface area contributed by atoms with Gasteiger partial charge in [0.2, 0.25) is 5.95 Å². The number of methoxy groups -OCH3 is 1. The number of β-amino-alcohol motifs (C(OH)–C–C–N with tert-alkyl or cyclic N) is 1. The van der Waals surface area contributed by atoms with E-state index < -0.39 is 6.10 Å². The number of aryl methyl sites for hydroxylation is 1. The number of aliphatic hydroxyl groups is 2. The van der Waals surface area contributed by atoms with Gasteiger partial charge in [-0.2, -0.15) is 4.98 Å². The molecule has 172 valence electrons. The highest BCUT2D eigenvalue weighted by atomic mass is 16.5. The lowest BCUT2D eigenvalue weighted by atomic mass is 10.1. The summed E-state index contributed by atoms with van der Waals surface area (Å²) in [6.45, 7) is 4.44. The maximum absolute atomic E-state index is 10.1. The third kappa shape index (κ3) is 3.87. The molecule has 0 saturated carbocycles. The van der Waals surface area contributed by atoms with Gasteiger partial charge in [-0.1, -0.05) is 0 Å². The molecular formula is C23H27N7O3. The van der Waals surface area contributed by atoms with Gasteiger partial charge in [-0.25, -0.2) is 9.50 Å². The molecule has 10 nitrogen and oxygen atoms in total. The quantitative estimate of drug-likeness (QED) is 0.411. The molecule has 1 aliphatic heterocycles. The minimum absolute atomic E-state index is 0.0550. The summed E-state index contributed by atoms with van der Waals surface area (Å²) in [6, 6.07) is 7.67. The van der Waals surface area contributed by atoms with Crippen molar-refractivity contribution in [3.8, 4) is 11.4 Å². The Kier molecular flexibility index (Phi) is 5.39. The highest BCUT2D eigenvalue weighted by Crippen LogP contribution is 2.30. The first-order valence-corrected chi connectivity index (χ1v) is 10.8. The molecule has 4 heterocycles. The van der Waals surface area contributed by atoms with Gasteiger partial charge in [-0.3, -0.25) is 0 Å². The van der Waals surface area contributed by atoms with Crippen LogP contribution in [0.1, 0.15) is 17.5 Å². The second-order valence-electron chi connectivity index (χ2n) is 8.36. The standard InChI is InChI=1S/C23H27N7O3/c1-14-7-16(9-20(33-3)15(14)2)28-11-21(24-13-28)25-23-26-22(19-5-4-6-30(19)27-23)29-10-18(32)8-17(29)12-31/h4-7,9,11,13,17-18,31-32H,8,10,12H2,1-3H3,(H,25,27)/t17-,18+/m0/s1. The molecule has 0 radical (unpaired) electrons. The van der Waals surface area contributed by atoms with Crippen LogP contribution in [0.4, 0.5) is 17.6 Å². The average Bonchev–Trinajstić information content (AvgIpc) is 3.54. The van der Waals surface area contributed by atoms with Crippen LogP contribution in [0, 0.1) is 13.8 Å². The molecule has 0 spiro atoms. The first-order chi connectivity index (χ1) is 16.0. The second kappa shape index (κ2) is 8.38. The monoisotopic (exact) mass is 449 g/mol. The van der Waals surface area contributed by atoms with Gasteiger partial charge < -0.3 is 29.7 Å². The molecule has 0 unspecified atom stereocenters. The van der Waals surface area contributed by atoms with Gasteiger partial charge >= 0.3 is 0 Å². The molecule has 4 aromatic rings. The summed E-state index contributed by atoms with van der Waals surface area (Å²) in [6.07, 6.45) is 5.42. The molecule has 2 atom stereocenters. The van der Waals surface area contributed by atoms with Crippen molar-refractivity contribution < 1.29 is 14.9 Å². The van der Waals surface area contributed by atoms with Gasteiger partial charge in [0.1, 0.15) is 17.6 Å². The van der Waals surface area contributed by atoms with Crippen LogP contribution in [0.5, 0.6) is 5.75 Å². The topological polar surface area (TPSA) is 113 Å². The summed E-state index contributed by atoms with van der Waals surface area (Å²) < 4.78 is 9.14. The molecule has 10 heteroatoms. The lowest BCUT2D eigenvalue weighted by Crippen LogP contribution is -2.33. The second-order valence-corrected chi connectivity index (χ2v) is 8.36. The van der Waals surface area contributed by atoms with Crippen LogP contribution >= 0.6 is 0 Å².